The van der Waals surface area contributed by atoms with Crippen molar-refractivity contribution in [3.63, 3.8) is 0 Å². The predicted octanol–water partition coefficient (Wildman–Crippen LogP) is 0.908. The highest BCUT2D eigenvalue weighted by molar-refractivity contribution is 7.18. The van der Waals surface area contributed by atoms with E-state index < -0.39 is 5.97 Å². The number of ether oxygens (including phenoxy) is 1. The molecule has 1 fully saturated rings. The summed E-state index contributed by atoms with van der Waals surface area (Å²) in [5, 5.41) is 3.43. The van der Waals surface area contributed by atoms with Crippen LogP contribution in [0.1, 0.15) is 16.6 Å². The van der Waals surface area contributed by atoms with E-state index in [4.69, 9.17) is 11.6 Å². The second kappa shape index (κ2) is 5.11. The fourth-order valence-corrected chi connectivity index (χ4v) is 2.98. The molecule has 1 aromatic heterocycles. The number of carbonyl (C=O) groups excluding carboxylic acids is 2. The van der Waals surface area contributed by atoms with Crippen LogP contribution in [0.5, 0.6) is 0 Å². The average molecular weight is 290 g/mol. The standard InChI is InChI=1S/C10H12ClN3O3S/c1-5-8(15)12-3-4-14(5)10-13-7(11)6(18-10)9(16)17-2/h5H,3-4H2,1-2H3,(H,12,15). The van der Waals surface area contributed by atoms with E-state index in [1.807, 2.05) is 4.90 Å². The molecule has 98 valence electrons. The molecule has 0 radical (unpaired) electrons. The number of piperazine rings is 1. The van der Waals surface area contributed by atoms with Gasteiger partial charge in [0, 0.05) is 13.1 Å². The predicted molar refractivity (Wildman–Crippen MR) is 68.3 cm³/mol. The van der Waals surface area contributed by atoms with Gasteiger partial charge < -0.3 is 15.0 Å². The number of carbonyl (C=O) groups is 2. The molecule has 1 saturated heterocycles. The number of amides is 1. The van der Waals surface area contributed by atoms with Gasteiger partial charge >= 0.3 is 5.97 Å². The minimum atomic E-state index is -0.516. The second-order valence-electron chi connectivity index (χ2n) is 3.77. The molecule has 1 aliphatic heterocycles. The van der Waals surface area contributed by atoms with Crippen LogP contribution < -0.4 is 10.2 Å². The topological polar surface area (TPSA) is 71.5 Å². The van der Waals surface area contributed by atoms with Crippen LogP contribution >= 0.6 is 22.9 Å². The number of thiazole rings is 1. The fraction of sp³-hybridized carbons (Fsp3) is 0.500. The first-order valence-electron chi connectivity index (χ1n) is 5.33. The summed E-state index contributed by atoms with van der Waals surface area (Å²) in [5.41, 5.74) is 0. The van der Waals surface area contributed by atoms with E-state index in [0.29, 0.717) is 18.2 Å². The highest BCUT2D eigenvalue weighted by atomic mass is 35.5. The van der Waals surface area contributed by atoms with E-state index in [9.17, 15) is 9.59 Å². The van der Waals surface area contributed by atoms with E-state index in [1.165, 1.54) is 7.11 Å². The molecule has 1 amide bonds. The molecule has 0 bridgehead atoms. The number of anilines is 1. The summed E-state index contributed by atoms with van der Waals surface area (Å²) in [6.45, 7) is 2.97. The molecule has 0 saturated carbocycles. The Morgan fingerprint density at radius 3 is 3.06 bits per heavy atom. The number of hydrogen-bond acceptors (Lipinski definition) is 6. The maximum atomic E-state index is 11.6. The van der Waals surface area contributed by atoms with Crippen LogP contribution in [0, 0.1) is 0 Å². The molecule has 1 unspecified atom stereocenters. The largest absolute Gasteiger partial charge is 0.465 e. The molecule has 2 heterocycles. The number of nitrogens with one attached hydrogen (secondary N) is 1. The summed E-state index contributed by atoms with van der Waals surface area (Å²) in [7, 11) is 1.29. The molecule has 0 aromatic carbocycles. The number of nitrogens with zero attached hydrogens (tertiary/aromatic N) is 2. The van der Waals surface area contributed by atoms with Crippen molar-refractivity contribution in [2.45, 2.75) is 13.0 Å². The van der Waals surface area contributed by atoms with Crippen LogP contribution in [0.4, 0.5) is 5.13 Å². The maximum Gasteiger partial charge on any atom is 0.351 e. The third kappa shape index (κ3) is 2.28. The molecular formula is C10H12ClN3O3S. The molecule has 1 N–H and O–H groups in total. The van der Waals surface area contributed by atoms with Gasteiger partial charge in [0.15, 0.2) is 15.2 Å². The maximum absolute atomic E-state index is 11.6. The van der Waals surface area contributed by atoms with Crippen LogP contribution in [0.2, 0.25) is 5.15 Å². The lowest BCUT2D eigenvalue weighted by Crippen LogP contribution is -2.54. The SMILES string of the molecule is COC(=O)c1sc(N2CCNC(=O)C2C)nc1Cl. The van der Waals surface area contributed by atoms with E-state index in [0.717, 1.165) is 11.3 Å². The van der Waals surface area contributed by atoms with Crippen LogP contribution in [0.3, 0.4) is 0 Å². The van der Waals surface area contributed by atoms with E-state index in [1.54, 1.807) is 6.92 Å². The van der Waals surface area contributed by atoms with Crippen molar-refractivity contribution >= 4 is 39.9 Å². The van der Waals surface area contributed by atoms with Crippen molar-refractivity contribution in [3.8, 4) is 0 Å². The van der Waals surface area contributed by atoms with Crippen molar-refractivity contribution in [1.82, 2.24) is 10.3 Å². The van der Waals surface area contributed by atoms with Crippen LogP contribution in [0.25, 0.3) is 0 Å². The summed E-state index contributed by atoms with van der Waals surface area (Å²) in [5.74, 6) is -0.579. The minimum absolute atomic E-state index is 0.0628. The van der Waals surface area contributed by atoms with Gasteiger partial charge in [-0.15, -0.1) is 0 Å². The molecule has 2 rings (SSSR count). The monoisotopic (exact) mass is 289 g/mol. The normalized spacial score (nSPS) is 19.6. The third-order valence-electron chi connectivity index (χ3n) is 2.69. The Balaban J connectivity index is 2.28. The van der Waals surface area contributed by atoms with E-state index in [2.05, 4.69) is 15.0 Å². The minimum Gasteiger partial charge on any atom is -0.465 e. The number of aromatic nitrogens is 1. The zero-order valence-corrected chi connectivity index (χ0v) is 11.5. The van der Waals surface area contributed by atoms with Gasteiger partial charge in [-0.2, -0.15) is 0 Å². The Morgan fingerprint density at radius 2 is 2.39 bits per heavy atom. The molecule has 1 aliphatic rings. The number of hydrogen-bond donors (Lipinski definition) is 1. The number of methoxy groups -OCH3 is 1. The lowest BCUT2D eigenvalue weighted by molar-refractivity contribution is -0.122. The molecule has 0 spiro atoms. The molecule has 1 atom stereocenters. The molecule has 18 heavy (non-hydrogen) atoms. The van der Waals surface area contributed by atoms with Crippen LogP contribution in [0.15, 0.2) is 0 Å². The molecule has 1 aromatic rings. The van der Waals surface area contributed by atoms with E-state index >= 15 is 0 Å². The number of esters is 1. The number of rotatable bonds is 2. The third-order valence-corrected chi connectivity index (χ3v) is 4.15. The van der Waals surface area contributed by atoms with Gasteiger partial charge in [-0.25, -0.2) is 9.78 Å². The van der Waals surface area contributed by atoms with Gasteiger partial charge in [-0.05, 0) is 6.92 Å². The van der Waals surface area contributed by atoms with Crippen molar-refractivity contribution in [3.05, 3.63) is 10.0 Å². The quantitative estimate of drug-likeness (QED) is 0.819. The first-order chi connectivity index (χ1) is 8.54. The average Bonchev–Trinajstić information content (AvgIpc) is 2.73. The Labute approximate surface area is 113 Å². The van der Waals surface area contributed by atoms with Crippen molar-refractivity contribution in [2.24, 2.45) is 0 Å². The highest BCUT2D eigenvalue weighted by Gasteiger charge is 2.29. The smallest absolute Gasteiger partial charge is 0.351 e. The molecule has 8 heteroatoms. The Kier molecular flexibility index (Phi) is 3.72. The summed E-state index contributed by atoms with van der Waals surface area (Å²) < 4.78 is 4.61. The van der Waals surface area contributed by atoms with Crippen molar-refractivity contribution < 1.29 is 14.3 Å². The summed E-state index contributed by atoms with van der Waals surface area (Å²) in [4.78, 5) is 29.2. The van der Waals surface area contributed by atoms with E-state index in [-0.39, 0.29) is 22.0 Å². The lowest BCUT2D eigenvalue weighted by atomic mass is 10.2. The summed E-state index contributed by atoms with van der Waals surface area (Å²) in [6.07, 6.45) is 0. The van der Waals surface area contributed by atoms with Gasteiger partial charge in [0.1, 0.15) is 6.04 Å². The molecule has 0 aliphatic carbocycles. The summed E-state index contributed by atoms with van der Waals surface area (Å²) in [6, 6.07) is -0.327. The number of halogens is 1. The molecule has 6 nitrogen and oxygen atoms in total. The zero-order valence-electron chi connectivity index (χ0n) is 9.90. The van der Waals surface area contributed by atoms with Gasteiger partial charge in [0.05, 0.1) is 7.11 Å². The fourth-order valence-electron chi connectivity index (χ4n) is 1.68. The Morgan fingerprint density at radius 1 is 1.67 bits per heavy atom. The van der Waals surface area contributed by atoms with Crippen LogP contribution in [-0.2, 0) is 9.53 Å². The Hall–Kier alpha value is -1.34. The highest BCUT2D eigenvalue weighted by Crippen LogP contribution is 2.31. The van der Waals surface area contributed by atoms with Gasteiger partial charge in [0.2, 0.25) is 5.91 Å². The van der Waals surface area contributed by atoms with Crippen molar-refractivity contribution in [2.75, 3.05) is 25.1 Å². The Bertz CT molecular complexity index is 491. The zero-order chi connectivity index (χ0) is 13.3. The van der Waals surface area contributed by atoms with Crippen molar-refractivity contribution in [1.29, 1.82) is 0 Å². The lowest BCUT2D eigenvalue weighted by Gasteiger charge is -2.32. The van der Waals surface area contributed by atoms with Gasteiger partial charge in [-0.3, -0.25) is 4.79 Å². The second-order valence-corrected chi connectivity index (χ2v) is 5.10. The summed E-state index contributed by atoms with van der Waals surface area (Å²) >= 11 is 7.03. The first-order valence-corrected chi connectivity index (χ1v) is 6.53. The van der Waals surface area contributed by atoms with Gasteiger partial charge in [0.25, 0.3) is 0 Å². The van der Waals surface area contributed by atoms with Crippen LogP contribution in [-0.4, -0.2) is 43.1 Å². The van der Waals surface area contributed by atoms with Gasteiger partial charge in [-0.1, -0.05) is 22.9 Å². The first kappa shape index (κ1) is 13.1. The molecular weight excluding hydrogens is 278 g/mol.